The number of nitrogens with zero attached hydrogens (tertiary/aromatic N) is 3. The Bertz CT molecular complexity index is 564. The summed E-state index contributed by atoms with van der Waals surface area (Å²) in [4.78, 5) is 3.79. The number of nitriles is 1. The van der Waals surface area contributed by atoms with Gasteiger partial charge in [0.15, 0.2) is 11.6 Å². The van der Waals surface area contributed by atoms with E-state index < -0.39 is 5.82 Å². The lowest BCUT2D eigenvalue weighted by atomic mass is 10.2. The SMILES string of the molecule is N#Cc1ccc(NCc2ncon2)c(F)c1Br. The Kier molecular flexibility index (Phi) is 3.35. The van der Waals surface area contributed by atoms with E-state index in [-0.39, 0.29) is 22.3 Å². The molecule has 0 aliphatic heterocycles. The molecule has 1 aromatic heterocycles. The number of hydrogen-bond acceptors (Lipinski definition) is 5. The van der Waals surface area contributed by atoms with Gasteiger partial charge >= 0.3 is 0 Å². The molecular formula is C10H6BrFN4O. The molecule has 1 heterocycles. The van der Waals surface area contributed by atoms with Gasteiger partial charge in [-0.25, -0.2) is 4.39 Å². The normalized spacial score (nSPS) is 9.94. The molecule has 0 aliphatic carbocycles. The second-order valence-corrected chi connectivity index (χ2v) is 3.89. The zero-order valence-electron chi connectivity index (χ0n) is 8.44. The van der Waals surface area contributed by atoms with Gasteiger partial charge in [-0.3, -0.25) is 0 Å². The minimum absolute atomic E-state index is 0.137. The van der Waals surface area contributed by atoms with Gasteiger partial charge < -0.3 is 9.84 Å². The van der Waals surface area contributed by atoms with Crippen LogP contribution in [0.1, 0.15) is 11.4 Å². The number of halogens is 2. The molecule has 1 aromatic carbocycles. The molecule has 86 valence electrons. The summed E-state index contributed by atoms with van der Waals surface area (Å²) < 4.78 is 18.4. The molecule has 0 spiro atoms. The summed E-state index contributed by atoms with van der Waals surface area (Å²) in [5.74, 6) is -0.0996. The molecule has 1 N–H and O–H groups in total. The third-order valence-corrected chi connectivity index (χ3v) is 2.82. The van der Waals surface area contributed by atoms with Crippen LogP contribution in [0.2, 0.25) is 0 Å². The van der Waals surface area contributed by atoms with E-state index in [1.54, 1.807) is 0 Å². The third kappa shape index (κ3) is 2.42. The van der Waals surface area contributed by atoms with Gasteiger partial charge in [-0.2, -0.15) is 10.2 Å². The van der Waals surface area contributed by atoms with E-state index in [1.807, 2.05) is 6.07 Å². The second kappa shape index (κ2) is 4.93. The first-order valence-electron chi connectivity index (χ1n) is 4.59. The van der Waals surface area contributed by atoms with Gasteiger partial charge in [-0.1, -0.05) is 5.16 Å². The minimum Gasteiger partial charge on any atom is -0.375 e. The Hall–Kier alpha value is -1.94. The van der Waals surface area contributed by atoms with E-state index >= 15 is 0 Å². The monoisotopic (exact) mass is 296 g/mol. The minimum atomic E-state index is -0.521. The first kappa shape index (κ1) is 11.5. The van der Waals surface area contributed by atoms with Gasteiger partial charge in [0, 0.05) is 0 Å². The Balaban J connectivity index is 2.17. The van der Waals surface area contributed by atoms with Crippen molar-refractivity contribution in [3.63, 3.8) is 0 Å². The lowest BCUT2D eigenvalue weighted by Gasteiger charge is -2.07. The number of anilines is 1. The predicted octanol–water partition coefficient (Wildman–Crippen LogP) is 2.45. The fraction of sp³-hybridized carbons (Fsp3) is 0.100. The van der Waals surface area contributed by atoms with Crippen molar-refractivity contribution in [1.29, 1.82) is 5.26 Å². The van der Waals surface area contributed by atoms with Gasteiger partial charge in [0.05, 0.1) is 22.3 Å². The highest BCUT2D eigenvalue weighted by molar-refractivity contribution is 9.10. The number of rotatable bonds is 3. The molecule has 7 heteroatoms. The molecule has 2 rings (SSSR count). The molecule has 0 bridgehead atoms. The maximum absolute atomic E-state index is 13.8. The number of hydrogen-bond donors (Lipinski definition) is 1. The average Bonchev–Trinajstić information content (AvgIpc) is 2.84. The molecule has 17 heavy (non-hydrogen) atoms. The molecule has 0 saturated heterocycles. The quantitative estimate of drug-likeness (QED) is 0.942. The highest BCUT2D eigenvalue weighted by Crippen LogP contribution is 2.26. The molecule has 0 fully saturated rings. The lowest BCUT2D eigenvalue weighted by Crippen LogP contribution is -2.03. The Morgan fingerprint density at radius 2 is 2.35 bits per heavy atom. The Morgan fingerprint density at radius 1 is 1.53 bits per heavy atom. The standard InChI is InChI=1S/C10H6BrFN4O/c11-9-6(3-13)1-2-7(10(9)12)14-4-8-15-5-17-16-8/h1-2,5,14H,4H2. The van der Waals surface area contributed by atoms with Gasteiger partial charge in [0.2, 0.25) is 6.39 Å². The fourth-order valence-electron chi connectivity index (χ4n) is 1.22. The summed E-state index contributed by atoms with van der Waals surface area (Å²) >= 11 is 3.02. The molecule has 0 amide bonds. The summed E-state index contributed by atoms with van der Waals surface area (Å²) in [6.45, 7) is 0.242. The zero-order valence-corrected chi connectivity index (χ0v) is 10.0. The third-order valence-electron chi connectivity index (χ3n) is 2.05. The van der Waals surface area contributed by atoms with Crippen molar-refractivity contribution in [2.24, 2.45) is 0 Å². The van der Waals surface area contributed by atoms with Gasteiger partial charge in [-0.05, 0) is 28.1 Å². The van der Waals surface area contributed by atoms with Crippen molar-refractivity contribution in [2.75, 3.05) is 5.32 Å². The maximum Gasteiger partial charge on any atom is 0.213 e. The fourth-order valence-corrected chi connectivity index (χ4v) is 1.65. The summed E-state index contributed by atoms with van der Waals surface area (Å²) in [6.07, 6.45) is 1.20. The predicted molar refractivity (Wildman–Crippen MR) is 60.4 cm³/mol. The van der Waals surface area contributed by atoms with Crippen LogP contribution in [0, 0.1) is 17.1 Å². The number of nitrogens with one attached hydrogen (secondary N) is 1. The highest BCUT2D eigenvalue weighted by atomic mass is 79.9. The molecule has 0 unspecified atom stereocenters. The van der Waals surface area contributed by atoms with Crippen molar-refractivity contribution in [1.82, 2.24) is 10.1 Å². The molecule has 0 atom stereocenters. The second-order valence-electron chi connectivity index (χ2n) is 3.10. The van der Waals surface area contributed by atoms with Crippen LogP contribution in [0.5, 0.6) is 0 Å². The van der Waals surface area contributed by atoms with Crippen molar-refractivity contribution >= 4 is 21.6 Å². The topological polar surface area (TPSA) is 74.7 Å². The van der Waals surface area contributed by atoms with Crippen LogP contribution in [0.3, 0.4) is 0 Å². The number of benzene rings is 1. The van der Waals surface area contributed by atoms with Crippen molar-refractivity contribution in [2.45, 2.75) is 6.54 Å². The first-order chi connectivity index (χ1) is 8.22. The van der Waals surface area contributed by atoms with Crippen molar-refractivity contribution < 1.29 is 8.91 Å². The molecule has 5 nitrogen and oxygen atoms in total. The van der Waals surface area contributed by atoms with Crippen LogP contribution in [0.15, 0.2) is 27.5 Å². The van der Waals surface area contributed by atoms with E-state index in [0.717, 1.165) is 0 Å². The van der Waals surface area contributed by atoms with E-state index in [1.165, 1.54) is 18.5 Å². The van der Waals surface area contributed by atoms with Crippen molar-refractivity contribution in [3.05, 3.63) is 40.2 Å². The summed E-state index contributed by atoms with van der Waals surface area (Å²) in [7, 11) is 0. The molecule has 0 aliphatic rings. The van der Waals surface area contributed by atoms with Crippen LogP contribution < -0.4 is 5.32 Å². The van der Waals surface area contributed by atoms with E-state index in [4.69, 9.17) is 5.26 Å². The largest absolute Gasteiger partial charge is 0.375 e. The molecule has 2 aromatic rings. The highest BCUT2D eigenvalue weighted by Gasteiger charge is 2.11. The Labute approximate surface area is 104 Å². The van der Waals surface area contributed by atoms with Gasteiger partial charge in [0.25, 0.3) is 0 Å². The van der Waals surface area contributed by atoms with Crippen LogP contribution in [0.4, 0.5) is 10.1 Å². The Morgan fingerprint density at radius 3 is 3.00 bits per heavy atom. The number of aromatic nitrogens is 2. The lowest BCUT2D eigenvalue weighted by molar-refractivity contribution is 0.411. The van der Waals surface area contributed by atoms with Gasteiger partial charge in [-0.15, -0.1) is 0 Å². The van der Waals surface area contributed by atoms with E-state index in [0.29, 0.717) is 5.82 Å². The summed E-state index contributed by atoms with van der Waals surface area (Å²) in [5.41, 5.74) is 0.508. The summed E-state index contributed by atoms with van der Waals surface area (Å²) in [5, 5.41) is 15.1. The molecular weight excluding hydrogens is 291 g/mol. The average molecular weight is 297 g/mol. The van der Waals surface area contributed by atoms with Crippen molar-refractivity contribution in [3.8, 4) is 6.07 Å². The first-order valence-corrected chi connectivity index (χ1v) is 5.39. The molecule has 0 saturated carbocycles. The van der Waals surface area contributed by atoms with E-state index in [9.17, 15) is 4.39 Å². The van der Waals surface area contributed by atoms with Crippen LogP contribution >= 0.6 is 15.9 Å². The van der Waals surface area contributed by atoms with E-state index in [2.05, 4.69) is 35.9 Å². The van der Waals surface area contributed by atoms with Crippen LogP contribution in [-0.4, -0.2) is 10.1 Å². The van der Waals surface area contributed by atoms with Crippen LogP contribution in [0.25, 0.3) is 0 Å². The zero-order chi connectivity index (χ0) is 12.3. The smallest absolute Gasteiger partial charge is 0.213 e. The molecule has 0 radical (unpaired) electrons. The maximum atomic E-state index is 13.8. The van der Waals surface area contributed by atoms with Gasteiger partial charge in [0.1, 0.15) is 6.07 Å². The summed E-state index contributed by atoms with van der Waals surface area (Å²) in [6, 6.07) is 4.88. The van der Waals surface area contributed by atoms with Crippen LogP contribution in [-0.2, 0) is 6.54 Å².